The van der Waals surface area contributed by atoms with Crippen molar-refractivity contribution in [3.63, 3.8) is 0 Å². The van der Waals surface area contributed by atoms with Gasteiger partial charge in [-0.15, -0.1) is 20.4 Å². The number of halogens is 2. The predicted molar refractivity (Wildman–Crippen MR) is 112 cm³/mol. The number of aromatic nitrogens is 4. The average molecular weight is 417 g/mol. The van der Waals surface area contributed by atoms with Crippen LogP contribution in [-0.4, -0.2) is 33.2 Å². The minimum atomic E-state index is -0.776. The second kappa shape index (κ2) is 8.74. The highest BCUT2D eigenvalue weighted by atomic mass is 19.1. The molecule has 3 aromatic carbocycles. The molecule has 31 heavy (non-hydrogen) atoms. The third kappa shape index (κ3) is 4.28. The van der Waals surface area contributed by atoms with Crippen molar-refractivity contribution in [2.75, 3.05) is 7.11 Å². The normalized spacial score (nSPS) is 11.4. The van der Waals surface area contributed by atoms with Crippen LogP contribution in [0.3, 0.4) is 0 Å². The third-order valence-electron chi connectivity index (χ3n) is 4.56. The largest absolute Gasteiger partial charge is 0.399 e. The lowest BCUT2D eigenvalue weighted by atomic mass is 10.00. The quantitative estimate of drug-likeness (QED) is 0.351. The van der Waals surface area contributed by atoms with Gasteiger partial charge in [0.2, 0.25) is 11.6 Å². The van der Waals surface area contributed by atoms with E-state index in [-0.39, 0.29) is 17.2 Å². The predicted octanol–water partition coefficient (Wildman–Crippen LogP) is 4.59. The van der Waals surface area contributed by atoms with Gasteiger partial charge >= 0.3 is 0 Å². The molecule has 0 aliphatic carbocycles. The van der Waals surface area contributed by atoms with E-state index < -0.39 is 11.6 Å². The molecule has 4 aromatic rings. The monoisotopic (exact) mass is 417 g/mol. The molecule has 0 aliphatic heterocycles. The molecule has 8 heteroatoms. The molecule has 0 saturated carbocycles. The highest BCUT2D eigenvalue weighted by Crippen LogP contribution is 2.23. The maximum absolute atomic E-state index is 13.9. The van der Waals surface area contributed by atoms with Gasteiger partial charge in [-0.05, 0) is 25.1 Å². The summed E-state index contributed by atoms with van der Waals surface area (Å²) >= 11 is 0. The van der Waals surface area contributed by atoms with Gasteiger partial charge in [0.1, 0.15) is 24.5 Å². The summed E-state index contributed by atoms with van der Waals surface area (Å²) in [6, 6.07) is 18.7. The Balaban J connectivity index is 1.63. The molecule has 0 bridgehead atoms. The van der Waals surface area contributed by atoms with E-state index in [1.807, 2.05) is 43.3 Å². The van der Waals surface area contributed by atoms with E-state index in [1.165, 1.54) is 13.2 Å². The third-order valence-corrected chi connectivity index (χ3v) is 4.56. The summed E-state index contributed by atoms with van der Waals surface area (Å²) in [7, 11) is 1.50. The first-order chi connectivity index (χ1) is 15.1. The Hall–Kier alpha value is -4.07. The van der Waals surface area contributed by atoms with E-state index in [4.69, 9.17) is 4.84 Å². The molecule has 0 spiro atoms. The summed E-state index contributed by atoms with van der Waals surface area (Å²) in [6.07, 6.45) is 0. The van der Waals surface area contributed by atoms with Gasteiger partial charge in [0.15, 0.2) is 0 Å². The fourth-order valence-electron chi connectivity index (χ4n) is 3.09. The van der Waals surface area contributed by atoms with E-state index >= 15 is 0 Å². The standard InChI is InChI=1S/C23H17F2N5O/c1-14-5-3-6-17(13-14)21(30-31-2)15-9-11-16(12-10-15)22-26-28-23(29-27-22)20-18(24)7-4-8-19(20)25/h3-13H,1-2H3/b30-21+. The summed E-state index contributed by atoms with van der Waals surface area (Å²) in [6.45, 7) is 2.01. The smallest absolute Gasteiger partial charge is 0.209 e. The maximum atomic E-state index is 13.9. The molecule has 0 radical (unpaired) electrons. The van der Waals surface area contributed by atoms with E-state index in [1.54, 1.807) is 12.1 Å². The van der Waals surface area contributed by atoms with Gasteiger partial charge in [0.25, 0.3) is 0 Å². The van der Waals surface area contributed by atoms with Gasteiger partial charge in [-0.25, -0.2) is 8.78 Å². The van der Waals surface area contributed by atoms with Crippen LogP contribution in [-0.2, 0) is 4.84 Å². The second-order valence-electron chi connectivity index (χ2n) is 6.71. The minimum Gasteiger partial charge on any atom is -0.399 e. The van der Waals surface area contributed by atoms with Gasteiger partial charge in [-0.1, -0.05) is 59.3 Å². The lowest BCUT2D eigenvalue weighted by Gasteiger charge is -2.08. The topological polar surface area (TPSA) is 73.2 Å². The molecule has 0 N–H and O–H groups in total. The molecule has 1 heterocycles. The fraction of sp³-hybridized carbons (Fsp3) is 0.0870. The molecular formula is C23H17F2N5O. The van der Waals surface area contributed by atoms with E-state index in [2.05, 4.69) is 25.6 Å². The zero-order chi connectivity index (χ0) is 21.8. The van der Waals surface area contributed by atoms with Crippen LogP contribution in [0.2, 0.25) is 0 Å². The van der Waals surface area contributed by atoms with Crippen molar-refractivity contribution in [1.29, 1.82) is 0 Å². The molecule has 6 nitrogen and oxygen atoms in total. The van der Waals surface area contributed by atoms with Crippen LogP contribution in [0.4, 0.5) is 8.78 Å². The van der Waals surface area contributed by atoms with Crippen molar-refractivity contribution >= 4 is 5.71 Å². The van der Waals surface area contributed by atoms with Crippen molar-refractivity contribution in [2.45, 2.75) is 6.92 Å². The summed E-state index contributed by atoms with van der Waals surface area (Å²) in [4.78, 5) is 5.02. The zero-order valence-electron chi connectivity index (χ0n) is 16.8. The fourth-order valence-corrected chi connectivity index (χ4v) is 3.09. The number of benzene rings is 3. The maximum Gasteiger partial charge on any atom is 0.209 e. The van der Waals surface area contributed by atoms with Crippen LogP contribution in [0.15, 0.2) is 71.9 Å². The molecule has 0 saturated heterocycles. The van der Waals surface area contributed by atoms with Gasteiger partial charge in [-0.3, -0.25) is 0 Å². The van der Waals surface area contributed by atoms with Gasteiger partial charge in [-0.2, -0.15) is 0 Å². The van der Waals surface area contributed by atoms with Crippen molar-refractivity contribution in [3.05, 3.63) is 95.1 Å². The van der Waals surface area contributed by atoms with E-state index in [0.717, 1.165) is 28.8 Å². The molecule has 0 fully saturated rings. The average Bonchev–Trinajstić information content (AvgIpc) is 2.78. The first-order valence-electron chi connectivity index (χ1n) is 9.37. The zero-order valence-corrected chi connectivity index (χ0v) is 16.8. The first kappa shape index (κ1) is 20.2. The lowest BCUT2D eigenvalue weighted by Crippen LogP contribution is -2.05. The highest BCUT2D eigenvalue weighted by molar-refractivity contribution is 6.12. The lowest BCUT2D eigenvalue weighted by molar-refractivity contribution is 0.214. The number of nitrogens with zero attached hydrogens (tertiary/aromatic N) is 5. The van der Waals surface area contributed by atoms with E-state index in [9.17, 15) is 8.78 Å². The summed E-state index contributed by atoms with van der Waals surface area (Å²) in [5.74, 6) is -1.54. The Bertz CT molecular complexity index is 1220. The molecule has 0 unspecified atom stereocenters. The van der Waals surface area contributed by atoms with Crippen molar-refractivity contribution in [1.82, 2.24) is 20.4 Å². The molecule has 0 amide bonds. The molecule has 0 aliphatic rings. The van der Waals surface area contributed by atoms with Gasteiger partial charge in [0.05, 0.1) is 5.56 Å². The number of aryl methyl sites for hydroxylation is 1. The SMILES string of the molecule is CO/N=C(\c1ccc(-c2nnc(-c3c(F)cccc3F)nn2)cc1)c1cccc(C)c1. The van der Waals surface area contributed by atoms with Crippen molar-refractivity contribution in [2.24, 2.45) is 5.16 Å². The van der Waals surface area contributed by atoms with Crippen LogP contribution >= 0.6 is 0 Å². The summed E-state index contributed by atoms with van der Waals surface area (Å²) < 4.78 is 27.8. The van der Waals surface area contributed by atoms with Crippen LogP contribution in [0.1, 0.15) is 16.7 Å². The number of oxime groups is 1. The Labute approximate surface area is 177 Å². The minimum absolute atomic E-state index is 0.218. The number of rotatable bonds is 5. The Morgan fingerprint density at radius 2 is 1.39 bits per heavy atom. The molecule has 1 aromatic heterocycles. The number of hydrogen-bond acceptors (Lipinski definition) is 6. The molecule has 0 atom stereocenters. The Morgan fingerprint density at radius 3 is 2.00 bits per heavy atom. The molecular weight excluding hydrogens is 400 g/mol. The Kier molecular flexibility index (Phi) is 5.70. The van der Waals surface area contributed by atoms with Crippen molar-refractivity contribution in [3.8, 4) is 22.8 Å². The Morgan fingerprint density at radius 1 is 0.774 bits per heavy atom. The van der Waals surface area contributed by atoms with Gasteiger partial charge in [0, 0.05) is 16.7 Å². The second-order valence-corrected chi connectivity index (χ2v) is 6.71. The summed E-state index contributed by atoms with van der Waals surface area (Å²) in [5, 5.41) is 19.8. The van der Waals surface area contributed by atoms with Crippen LogP contribution in [0.5, 0.6) is 0 Å². The first-order valence-corrected chi connectivity index (χ1v) is 9.37. The van der Waals surface area contributed by atoms with E-state index in [0.29, 0.717) is 11.3 Å². The highest BCUT2D eigenvalue weighted by Gasteiger charge is 2.16. The van der Waals surface area contributed by atoms with Crippen LogP contribution in [0.25, 0.3) is 22.8 Å². The van der Waals surface area contributed by atoms with Gasteiger partial charge < -0.3 is 4.84 Å². The summed E-state index contributed by atoms with van der Waals surface area (Å²) in [5.41, 5.74) is 3.83. The number of hydrogen-bond donors (Lipinski definition) is 0. The molecule has 154 valence electrons. The van der Waals surface area contributed by atoms with Crippen LogP contribution in [0, 0.1) is 18.6 Å². The van der Waals surface area contributed by atoms with Crippen LogP contribution < -0.4 is 0 Å². The van der Waals surface area contributed by atoms with Crippen molar-refractivity contribution < 1.29 is 13.6 Å². The molecule has 4 rings (SSSR count).